The van der Waals surface area contributed by atoms with Gasteiger partial charge >= 0.3 is 5.97 Å². The van der Waals surface area contributed by atoms with E-state index in [2.05, 4.69) is 4.74 Å². The number of carbonyl (C=O) groups excluding carboxylic acids is 1. The quantitative estimate of drug-likeness (QED) is 0.690. The molecule has 0 aliphatic rings. The van der Waals surface area contributed by atoms with Crippen LogP contribution in [0.25, 0.3) is 11.0 Å². The fourth-order valence-electron chi connectivity index (χ4n) is 1.76. The van der Waals surface area contributed by atoms with Crippen molar-refractivity contribution in [1.29, 1.82) is 0 Å². The van der Waals surface area contributed by atoms with Gasteiger partial charge in [0, 0.05) is 10.9 Å². The lowest BCUT2D eigenvalue weighted by molar-refractivity contribution is 0.0566. The van der Waals surface area contributed by atoms with E-state index in [-0.39, 0.29) is 0 Å². The third kappa shape index (κ3) is 1.48. The van der Waals surface area contributed by atoms with Gasteiger partial charge in [0.2, 0.25) is 5.76 Å². The molecule has 3 nitrogen and oxygen atoms in total. The third-order valence-electron chi connectivity index (χ3n) is 2.92. The molecule has 0 N–H and O–H groups in total. The van der Waals surface area contributed by atoms with Crippen LogP contribution in [-0.4, -0.2) is 13.1 Å². The first-order valence-corrected chi connectivity index (χ1v) is 5.13. The van der Waals surface area contributed by atoms with Crippen LogP contribution < -0.4 is 0 Å². The number of furan rings is 1. The van der Waals surface area contributed by atoms with E-state index in [1.165, 1.54) is 12.7 Å². The molecule has 0 saturated carbocycles. The molecule has 0 atom stereocenters. The van der Waals surface area contributed by atoms with Crippen LogP contribution in [0.5, 0.6) is 0 Å². The molecule has 3 heteroatoms. The average Bonchev–Trinajstić information content (AvgIpc) is 2.56. The maximum absolute atomic E-state index is 11.5. The molecule has 1 aromatic carbocycles. The molecule has 2 rings (SSSR count). The van der Waals surface area contributed by atoms with Crippen LogP contribution in [0.15, 0.2) is 16.5 Å². The summed E-state index contributed by atoms with van der Waals surface area (Å²) in [6, 6.07) is 3.99. The lowest BCUT2D eigenvalue weighted by atomic mass is 10.1. The predicted molar refractivity (Wildman–Crippen MR) is 61.8 cm³/mol. The number of carbonyl (C=O) groups is 1. The summed E-state index contributed by atoms with van der Waals surface area (Å²) in [7, 11) is 1.35. The van der Waals surface area contributed by atoms with Gasteiger partial charge in [0.05, 0.1) is 7.11 Å². The van der Waals surface area contributed by atoms with Crippen molar-refractivity contribution in [3.8, 4) is 0 Å². The second-order valence-corrected chi connectivity index (χ2v) is 3.98. The first kappa shape index (κ1) is 10.7. The highest BCUT2D eigenvalue weighted by Gasteiger charge is 2.18. The van der Waals surface area contributed by atoms with Crippen LogP contribution >= 0.6 is 0 Å². The summed E-state index contributed by atoms with van der Waals surface area (Å²) >= 11 is 0. The van der Waals surface area contributed by atoms with E-state index < -0.39 is 5.97 Å². The van der Waals surface area contributed by atoms with Gasteiger partial charge in [-0.3, -0.25) is 0 Å². The zero-order chi connectivity index (χ0) is 11.9. The fourth-order valence-corrected chi connectivity index (χ4v) is 1.76. The fraction of sp³-hybridized carbons (Fsp3) is 0.308. The minimum Gasteiger partial charge on any atom is -0.463 e. The SMILES string of the molecule is COC(=O)c1oc2cc(C)c(C)cc2c1C. The predicted octanol–water partition coefficient (Wildman–Crippen LogP) is 3.14. The number of hydrogen-bond donors (Lipinski definition) is 0. The summed E-state index contributed by atoms with van der Waals surface area (Å²) in [6.07, 6.45) is 0. The molecule has 0 unspecified atom stereocenters. The number of rotatable bonds is 1. The van der Waals surface area contributed by atoms with Crippen LogP contribution in [-0.2, 0) is 4.74 Å². The lowest BCUT2D eigenvalue weighted by Crippen LogP contribution is -2.00. The normalized spacial score (nSPS) is 10.8. The summed E-state index contributed by atoms with van der Waals surface area (Å²) in [6.45, 7) is 5.93. The summed E-state index contributed by atoms with van der Waals surface area (Å²) in [5, 5.41) is 0.975. The highest BCUT2D eigenvalue weighted by atomic mass is 16.5. The smallest absolute Gasteiger partial charge is 0.374 e. The number of fused-ring (bicyclic) bond motifs is 1. The van der Waals surface area contributed by atoms with Gasteiger partial charge < -0.3 is 9.15 Å². The van der Waals surface area contributed by atoms with Crippen molar-refractivity contribution in [3.05, 3.63) is 34.6 Å². The molecule has 1 aromatic heterocycles. The van der Waals surface area contributed by atoms with E-state index in [0.717, 1.165) is 22.1 Å². The Morgan fingerprint density at radius 3 is 2.44 bits per heavy atom. The summed E-state index contributed by atoms with van der Waals surface area (Å²) in [4.78, 5) is 11.5. The van der Waals surface area contributed by atoms with E-state index in [1.54, 1.807) is 0 Å². The molecule has 2 aromatic rings. The van der Waals surface area contributed by atoms with Crippen LogP contribution in [0.3, 0.4) is 0 Å². The third-order valence-corrected chi connectivity index (χ3v) is 2.92. The lowest BCUT2D eigenvalue weighted by Gasteiger charge is -1.98. The van der Waals surface area contributed by atoms with Gasteiger partial charge in [-0.2, -0.15) is 0 Å². The molecule has 0 saturated heterocycles. The molecule has 0 amide bonds. The molecule has 0 spiro atoms. The number of ether oxygens (including phenoxy) is 1. The van der Waals surface area contributed by atoms with Gasteiger partial charge in [-0.25, -0.2) is 4.79 Å². The highest BCUT2D eigenvalue weighted by molar-refractivity contribution is 5.96. The van der Waals surface area contributed by atoms with E-state index in [1.807, 2.05) is 32.9 Å². The topological polar surface area (TPSA) is 39.4 Å². The molecule has 0 radical (unpaired) electrons. The van der Waals surface area contributed by atoms with Crippen molar-refractivity contribution in [2.45, 2.75) is 20.8 Å². The Bertz CT molecular complexity index is 564. The molecule has 0 bridgehead atoms. The first-order chi connectivity index (χ1) is 7.54. The second kappa shape index (κ2) is 3.67. The van der Waals surface area contributed by atoms with Crippen molar-refractivity contribution in [1.82, 2.24) is 0 Å². The van der Waals surface area contributed by atoms with Crippen molar-refractivity contribution in [2.24, 2.45) is 0 Å². The average molecular weight is 218 g/mol. The zero-order valence-corrected chi connectivity index (χ0v) is 9.88. The largest absolute Gasteiger partial charge is 0.463 e. The Hall–Kier alpha value is -1.77. The Morgan fingerprint density at radius 2 is 1.81 bits per heavy atom. The maximum atomic E-state index is 11.5. The molecule has 1 heterocycles. The standard InChI is InChI=1S/C13H14O3/c1-7-5-10-9(3)12(13(14)15-4)16-11(10)6-8(7)2/h5-6H,1-4H3. The van der Waals surface area contributed by atoms with Crippen molar-refractivity contribution < 1.29 is 13.9 Å². The van der Waals surface area contributed by atoms with Crippen molar-refractivity contribution in [2.75, 3.05) is 7.11 Å². The van der Waals surface area contributed by atoms with Crippen molar-refractivity contribution >= 4 is 16.9 Å². The zero-order valence-electron chi connectivity index (χ0n) is 9.88. The van der Waals surface area contributed by atoms with Gasteiger partial charge in [0.15, 0.2) is 0 Å². The van der Waals surface area contributed by atoms with Crippen LogP contribution in [0, 0.1) is 20.8 Å². The Balaban J connectivity index is 2.73. The van der Waals surface area contributed by atoms with Crippen LogP contribution in [0.2, 0.25) is 0 Å². The van der Waals surface area contributed by atoms with E-state index in [9.17, 15) is 4.79 Å². The monoisotopic (exact) mass is 218 g/mol. The molecule has 0 fully saturated rings. The van der Waals surface area contributed by atoms with E-state index in [0.29, 0.717) is 5.76 Å². The Labute approximate surface area is 94.0 Å². The molecule has 84 valence electrons. The Kier molecular flexibility index (Phi) is 2.46. The summed E-state index contributed by atoms with van der Waals surface area (Å²) in [5.74, 6) is -0.133. The molecule has 0 aliphatic carbocycles. The number of esters is 1. The second-order valence-electron chi connectivity index (χ2n) is 3.98. The summed E-state index contributed by atoms with van der Waals surface area (Å²) in [5.41, 5.74) is 3.91. The highest BCUT2D eigenvalue weighted by Crippen LogP contribution is 2.28. The minimum absolute atomic E-state index is 0.294. The molecular weight excluding hydrogens is 204 g/mol. The summed E-state index contributed by atoms with van der Waals surface area (Å²) < 4.78 is 10.2. The van der Waals surface area contributed by atoms with Gasteiger partial charge in [0.25, 0.3) is 0 Å². The molecule has 0 aliphatic heterocycles. The van der Waals surface area contributed by atoms with Gasteiger partial charge in [-0.05, 0) is 44.0 Å². The number of hydrogen-bond acceptors (Lipinski definition) is 3. The van der Waals surface area contributed by atoms with Crippen LogP contribution in [0.1, 0.15) is 27.2 Å². The first-order valence-electron chi connectivity index (χ1n) is 5.13. The number of methoxy groups -OCH3 is 1. The maximum Gasteiger partial charge on any atom is 0.374 e. The number of aryl methyl sites for hydroxylation is 3. The van der Waals surface area contributed by atoms with E-state index in [4.69, 9.17) is 4.42 Å². The van der Waals surface area contributed by atoms with E-state index >= 15 is 0 Å². The number of benzene rings is 1. The Morgan fingerprint density at radius 1 is 1.19 bits per heavy atom. The van der Waals surface area contributed by atoms with Crippen LogP contribution in [0.4, 0.5) is 0 Å². The van der Waals surface area contributed by atoms with Gasteiger partial charge in [0.1, 0.15) is 5.58 Å². The van der Waals surface area contributed by atoms with Gasteiger partial charge in [-0.15, -0.1) is 0 Å². The minimum atomic E-state index is -0.427. The van der Waals surface area contributed by atoms with Crippen molar-refractivity contribution in [3.63, 3.8) is 0 Å². The molecule has 16 heavy (non-hydrogen) atoms. The van der Waals surface area contributed by atoms with Gasteiger partial charge in [-0.1, -0.05) is 0 Å². The molecular formula is C13H14O3.